The molecule has 3 heterocycles. The normalized spacial score (nSPS) is 15.8. The van der Waals surface area contributed by atoms with Crippen LogP contribution in [0.15, 0.2) is 42.5 Å². The van der Waals surface area contributed by atoms with Crippen LogP contribution in [0.5, 0.6) is 0 Å². The van der Waals surface area contributed by atoms with Crippen LogP contribution in [0.2, 0.25) is 0 Å². The molecule has 0 spiro atoms. The zero-order valence-corrected chi connectivity index (χ0v) is 14.0. The third kappa shape index (κ3) is 2.85. The van der Waals surface area contributed by atoms with Crippen molar-refractivity contribution in [2.45, 2.75) is 12.8 Å². The van der Waals surface area contributed by atoms with Crippen LogP contribution in [0, 0.1) is 5.92 Å². The van der Waals surface area contributed by atoms with Gasteiger partial charge in [-0.3, -0.25) is 4.79 Å². The van der Waals surface area contributed by atoms with E-state index in [2.05, 4.69) is 17.0 Å². The van der Waals surface area contributed by atoms with E-state index in [1.54, 1.807) is 11.3 Å². The predicted octanol–water partition coefficient (Wildman–Crippen LogP) is 3.06. The summed E-state index contributed by atoms with van der Waals surface area (Å²) in [5, 5.41) is 0.977. The summed E-state index contributed by atoms with van der Waals surface area (Å²) in [6.07, 6.45) is 1.60. The molecule has 0 unspecified atom stereocenters. The first-order valence-electron chi connectivity index (χ1n) is 8.08. The highest BCUT2D eigenvalue weighted by molar-refractivity contribution is 7.21. The fourth-order valence-electron chi connectivity index (χ4n) is 3.07. The monoisotopic (exact) mass is 338 g/mol. The summed E-state index contributed by atoms with van der Waals surface area (Å²) >= 11 is 1.61. The Kier molecular flexibility index (Phi) is 3.90. The minimum Gasteiger partial charge on any atom is -0.369 e. The maximum Gasteiger partial charge on any atom is 0.220 e. The lowest BCUT2D eigenvalue weighted by atomic mass is 9.97. The SMILES string of the molecule is NC(=O)C1CCN(c2nc3ccc(-c4ccccc4)nc3s2)CC1. The number of hydrogen-bond acceptors (Lipinski definition) is 5. The Bertz CT molecular complexity index is 869. The van der Waals surface area contributed by atoms with E-state index in [4.69, 9.17) is 15.7 Å². The van der Waals surface area contributed by atoms with Crippen LogP contribution in [-0.2, 0) is 4.79 Å². The molecule has 0 saturated carbocycles. The van der Waals surface area contributed by atoms with Crippen molar-refractivity contribution in [2.24, 2.45) is 11.7 Å². The number of benzene rings is 1. The molecule has 2 N–H and O–H groups in total. The van der Waals surface area contributed by atoms with Gasteiger partial charge in [0.15, 0.2) is 5.13 Å². The smallest absolute Gasteiger partial charge is 0.220 e. The van der Waals surface area contributed by atoms with E-state index >= 15 is 0 Å². The number of amides is 1. The molecule has 122 valence electrons. The van der Waals surface area contributed by atoms with Crippen LogP contribution < -0.4 is 10.6 Å². The zero-order chi connectivity index (χ0) is 16.5. The lowest BCUT2D eigenvalue weighted by Gasteiger charge is -2.30. The average Bonchev–Trinajstić information content (AvgIpc) is 3.06. The second kappa shape index (κ2) is 6.20. The molecule has 1 fully saturated rings. The first kappa shape index (κ1) is 15.1. The summed E-state index contributed by atoms with van der Waals surface area (Å²) in [5.74, 6) is -0.188. The van der Waals surface area contributed by atoms with Crippen molar-refractivity contribution in [3.8, 4) is 11.3 Å². The van der Waals surface area contributed by atoms with Crippen LogP contribution in [0.3, 0.4) is 0 Å². The zero-order valence-electron chi connectivity index (χ0n) is 13.2. The average molecular weight is 338 g/mol. The Hall–Kier alpha value is -2.47. The van der Waals surface area contributed by atoms with E-state index in [0.29, 0.717) is 0 Å². The van der Waals surface area contributed by atoms with Crippen molar-refractivity contribution in [3.05, 3.63) is 42.5 Å². The molecular weight excluding hydrogens is 320 g/mol. The van der Waals surface area contributed by atoms with Gasteiger partial charge in [-0.05, 0) is 25.0 Å². The maximum atomic E-state index is 11.3. The van der Waals surface area contributed by atoms with Gasteiger partial charge in [0.25, 0.3) is 0 Å². The van der Waals surface area contributed by atoms with Crippen molar-refractivity contribution in [1.29, 1.82) is 0 Å². The Labute approximate surface area is 144 Å². The number of hydrogen-bond donors (Lipinski definition) is 1. The number of primary amides is 1. The highest BCUT2D eigenvalue weighted by Crippen LogP contribution is 2.32. The van der Waals surface area contributed by atoms with Crippen molar-refractivity contribution in [1.82, 2.24) is 9.97 Å². The summed E-state index contributed by atoms with van der Waals surface area (Å²) in [6, 6.07) is 14.2. The van der Waals surface area contributed by atoms with Gasteiger partial charge in [0.2, 0.25) is 5.91 Å². The fourth-order valence-corrected chi connectivity index (χ4v) is 4.06. The molecule has 6 heteroatoms. The van der Waals surface area contributed by atoms with Crippen molar-refractivity contribution in [2.75, 3.05) is 18.0 Å². The second-order valence-electron chi connectivity index (χ2n) is 6.05. The molecule has 4 rings (SSSR count). The van der Waals surface area contributed by atoms with Gasteiger partial charge in [-0.1, -0.05) is 41.7 Å². The Morgan fingerprint density at radius 2 is 1.83 bits per heavy atom. The van der Waals surface area contributed by atoms with Gasteiger partial charge in [-0.25, -0.2) is 9.97 Å². The molecule has 1 aliphatic rings. The van der Waals surface area contributed by atoms with Crippen LogP contribution in [-0.4, -0.2) is 29.0 Å². The maximum absolute atomic E-state index is 11.3. The number of carbonyl (C=O) groups excluding carboxylic acids is 1. The Morgan fingerprint density at radius 3 is 2.54 bits per heavy atom. The van der Waals surface area contributed by atoms with E-state index in [1.165, 1.54) is 0 Å². The van der Waals surface area contributed by atoms with Crippen LogP contribution in [0.25, 0.3) is 21.6 Å². The topological polar surface area (TPSA) is 72.1 Å². The predicted molar refractivity (Wildman–Crippen MR) is 97.0 cm³/mol. The van der Waals surface area contributed by atoms with Gasteiger partial charge < -0.3 is 10.6 Å². The van der Waals surface area contributed by atoms with Gasteiger partial charge in [0.05, 0.1) is 5.69 Å². The molecule has 2 aromatic heterocycles. The number of thiazole rings is 1. The van der Waals surface area contributed by atoms with Crippen LogP contribution >= 0.6 is 11.3 Å². The number of aromatic nitrogens is 2. The molecule has 0 radical (unpaired) electrons. The number of piperidine rings is 1. The highest BCUT2D eigenvalue weighted by Gasteiger charge is 2.25. The van der Waals surface area contributed by atoms with Crippen molar-refractivity contribution >= 4 is 32.7 Å². The first-order chi connectivity index (χ1) is 11.7. The number of fused-ring (bicyclic) bond motifs is 1. The molecule has 1 saturated heterocycles. The second-order valence-corrected chi connectivity index (χ2v) is 7.00. The number of nitrogens with two attached hydrogens (primary N) is 1. The molecular formula is C18H18N4OS. The molecule has 0 aliphatic carbocycles. The lowest BCUT2D eigenvalue weighted by Crippen LogP contribution is -2.38. The Balaban J connectivity index is 1.59. The molecule has 1 amide bonds. The number of pyridine rings is 1. The molecule has 0 atom stereocenters. The minimum absolute atomic E-state index is 0.00145. The number of rotatable bonds is 3. The van der Waals surface area contributed by atoms with E-state index in [1.807, 2.05) is 30.3 Å². The summed E-state index contributed by atoms with van der Waals surface area (Å²) in [6.45, 7) is 1.64. The first-order valence-corrected chi connectivity index (χ1v) is 8.89. The van der Waals surface area contributed by atoms with Gasteiger partial charge >= 0.3 is 0 Å². The van der Waals surface area contributed by atoms with E-state index in [0.717, 1.165) is 52.7 Å². The van der Waals surface area contributed by atoms with E-state index < -0.39 is 0 Å². The number of nitrogens with zero attached hydrogens (tertiary/aromatic N) is 3. The minimum atomic E-state index is -0.187. The quantitative estimate of drug-likeness (QED) is 0.797. The van der Waals surface area contributed by atoms with Crippen LogP contribution in [0.4, 0.5) is 5.13 Å². The third-order valence-corrected chi connectivity index (χ3v) is 5.51. The largest absolute Gasteiger partial charge is 0.369 e. The summed E-state index contributed by atoms with van der Waals surface area (Å²) in [7, 11) is 0. The lowest BCUT2D eigenvalue weighted by molar-refractivity contribution is -0.122. The molecule has 3 aromatic rings. The molecule has 1 aliphatic heterocycles. The summed E-state index contributed by atoms with van der Waals surface area (Å²) in [4.78, 5) is 23.9. The molecule has 24 heavy (non-hydrogen) atoms. The van der Waals surface area contributed by atoms with Crippen LogP contribution in [0.1, 0.15) is 12.8 Å². The molecule has 1 aromatic carbocycles. The molecule has 5 nitrogen and oxygen atoms in total. The van der Waals surface area contributed by atoms with Gasteiger partial charge in [0, 0.05) is 24.6 Å². The van der Waals surface area contributed by atoms with Crippen molar-refractivity contribution in [3.63, 3.8) is 0 Å². The highest BCUT2D eigenvalue weighted by atomic mass is 32.1. The number of anilines is 1. The summed E-state index contributed by atoms with van der Waals surface area (Å²) in [5.41, 5.74) is 8.40. The third-order valence-electron chi connectivity index (χ3n) is 4.48. The van der Waals surface area contributed by atoms with Crippen molar-refractivity contribution < 1.29 is 4.79 Å². The van der Waals surface area contributed by atoms with Gasteiger partial charge in [-0.15, -0.1) is 0 Å². The Morgan fingerprint density at radius 1 is 1.08 bits per heavy atom. The number of carbonyl (C=O) groups is 1. The van der Waals surface area contributed by atoms with E-state index in [-0.39, 0.29) is 11.8 Å². The van der Waals surface area contributed by atoms with E-state index in [9.17, 15) is 4.79 Å². The molecule has 0 bridgehead atoms. The summed E-state index contributed by atoms with van der Waals surface area (Å²) < 4.78 is 0. The van der Waals surface area contributed by atoms with Gasteiger partial charge in [-0.2, -0.15) is 0 Å². The fraction of sp³-hybridized carbons (Fsp3) is 0.278. The van der Waals surface area contributed by atoms with Gasteiger partial charge in [0.1, 0.15) is 10.3 Å². The standard InChI is InChI=1S/C18H18N4OS/c19-16(23)13-8-10-22(11-9-13)18-21-15-7-6-14(20-17(15)24-18)12-4-2-1-3-5-12/h1-7,13H,8-11H2,(H2,19,23).